The van der Waals surface area contributed by atoms with E-state index in [9.17, 15) is 14.4 Å². The Hall–Kier alpha value is -1.97. The van der Waals surface area contributed by atoms with Crippen molar-refractivity contribution in [3.8, 4) is 0 Å². The second-order valence-electron chi connectivity index (χ2n) is 13.2. The van der Waals surface area contributed by atoms with Crippen LogP contribution < -0.4 is 11.1 Å². The number of esters is 2. The normalized spacial score (nSPS) is 38.8. The molecule has 5 rings (SSSR count). The number of ether oxygens (including phenoxy) is 3. The van der Waals surface area contributed by atoms with Crippen molar-refractivity contribution in [3.05, 3.63) is 11.6 Å². The van der Waals surface area contributed by atoms with E-state index in [-0.39, 0.29) is 48.1 Å². The van der Waals surface area contributed by atoms with Gasteiger partial charge in [0.25, 0.3) is 0 Å². The molecular formula is C30H47N3O6. The van der Waals surface area contributed by atoms with Crippen LogP contribution in [0.3, 0.4) is 0 Å². The summed E-state index contributed by atoms with van der Waals surface area (Å²) in [5.41, 5.74) is 5.32. The lowest BCUT2D eigenvalue weighted by atomic mass is 9.67. The number of carbonyl (C=O) groups excluding carboxylic acids is 3. The largest absolute Gasteiger partial charge is 0.462 e. The zero-order chi connectivity index (χ0) is 27.9. The van der Waals surface area contributed by atoms with Crippen LogP contribution in [0.4, 0.5) is 0 Å². The summed E-state index contributed by atoms with van der Waals surface area (Å²) in [6.07, 6.45) is 8.17. The average molecular weight is 546 g/mol. The standard InChI is InChI=1S/C30H47N3O6/c1-5-18(2)28(36)39-29(3,4)30(16-21-11-19-7-8-27(35)37-23(19)14-24(21)38-30)15-20-12-25(31)32-17-22(20)13-26(34)33-9-6-10-33/h5,19-25,32H,6-17,31H2,1-4H3. The first-order chi connectivity index (χ1) is 18.5. The maximum atomic E-state index is 13.0. The van der Waals surface area contributed by atoms with Crippen LogP contribution in [-0.2, 0) is 28.6 Å². The number of allylic oxidation sites excluding steroid dienone is 1. The highest BCUT2D eigenvalue weighted by Crippen LogP contribution is 2.55. The van der Waals surface area contributed by atoms with Crippen molar-refractivity contribution in [1.82, 2.24) is 10.2 Å². The van der Waals surface area contributed by atoms with Gasteiger partial charge < -0.3 is 30.2 Å². The van der Waals surface area contributed by atoms with Crippen molar-refractivity contribution < 1.29 is 28.6 Å². The summed E-state index contributed by atoms with van der Waals surface area (Å²) in [5.74, 6) is 0.696. The van der Waals surface area contributed by atoms with Crippen LogP contribution in [0.25, 0.3) is 0 Å². The summed E-state index contributed by atoms with van der Waals surface area (Å²) in [6.45, 7) is 9.92. The number of rotatable bonds is 7. The van der Waals surface area contributed by atoms with Gasteiger partial charge in [0.15, 0.2) is 0 Å². The lowest BCUT2D eigenvalue weighted by Gasteiger charge is -2.47. The number of amides is 1. The maximum absolute atomic E-state index is 13.0. The SMILES string of the molecule is CC=C(C)C(=O)OC(C)(C)C1(CC2CC(N)NCC2CC(=O)N2CCC2)CC2CC3CCC(=O)OC3CC2O1. The van der Waals surface area contributed by atoms with Gasteiger partial charge in [-0.3, -0.25) is 9.59 Å². The summed E-state index contributed by atoms with van der Waals surface area (Å²) in [5, 5.41) is 3.39. The molecule has 39 heavy (non-hydrogen) atoms. The number of piperidine rings is 1. The Morgan fingerprint density at radius 3 is 2.64 bits per heavy atom. The molecule has 0 aromatic carbocycles. The first kappa shape index (κ1) is 28.6. The summed E-state index contributed by atoms with van der Waals surface area (Å²) < 4.78 is 19.0. The second-order valence-corrected chi connectivity index (χ2v) is 13.2. The average Bonchev–Trinajstić information content (AvgIpc) is 3.21. The van der Waals surface area contributed by atoms with Crippen LogP contribution in [0.5, 0.6) is 0 Å². The Labute approximate surface area is 232 Å². The van der Waals surface area contributed by atoms with Gasteiger partial charge in [-0.1, -0.05) is 6.08 Å². The smallest absolute Gasteiger partial charge is 0.334 e. The Balaban J connectivity index is 1.41. The number of carbonyl (C=O) groups is 3. The molecule has 4 heterocycles. The van der Waals surface area contributed by atoms with Crippen LogP contribution in [-0.4, -0.2) is 72.0 Å². The molecule has 8 atom stereocenters. The monoisotopic (exact) mass is 545 g/mol. The van der Waals surface area contributed by atoms with E-state index in [2.05, 4.69) is 5.32 Å². The van der Waals surface area contributed by atoms with Crippen LogP contribution in [0.1, 0.15) is 85.5 Å². The third-order valence-electron chi connectivity index (χ3n) is 10.4. The molecule has 5 aliphatic rings. The molecule has 4 aliphatic heterocycles. The summed E-state index contributed by atoms with van der Waals surface area (Å²) in [4.78, 5) is 40.0. The van der Waals surface area contributed by atoms with Crippen molar-refractivity contribution in [2.75, 3.05) is 19.6 Å². The fraction of sp³-hybridized carbons (Fsp3) is 0.833. The molecule has 0 spiro atoms. The van der Waals surface area contributed by atoms with Gasteiger partial charge in [0.1, 0.15) is 17.3 Å². The van der Waals surface area contributed by atoms with E-state index in [1.807, 2.05) is 25.7 Å². The summed E-state index contributed by atoms with van der Waals surface area (Å²) in [7, 11) is 0. The lowest BCUT2D eigenvalue weighted by molar-refractivity contribution is -0.207. The topological polar surface area (TPSA) is 120 Å². The highest BCUT2D eigenvalue weighted by molar-refractivity contribution is 5.88. The number of fused-ring (bicyclic) bond motifs is 2. The Morgan fingerprint density at radius 2 is 1.95 bits per heavy atom. The molecular weight excluding hydrogens is 498 g/mol. The molecule has 1 saturated carbocycles. The molecule has 218 valence electrons. The van der Waals surface area contributed by atoms with E-state index in [4.69, 9.17) is 19.9 Å². The van der Waals surface area contributed by atoms with E-state index >= 15 is 0 Å². The quantitative estimate of drug-likeness (QED) is 0.370. The van der Waals surface area contributed by atoms with Crippen molar-refractivity contribution >= 4 is 17.8 Å². The third kappa shape index (κ3) is 5.77. The Kier molecular flexibility index (Phi) is 8.15. The van der Waals surface area contributed by atoms with Gasteiger partial charge in [-0.2, -0.15) is 0 Å². The molecule has 1 aliphatic carbocycles. The fourth-order valence-electron chi connectivity index (χ4n) is 7.60. The van der Waals surface area contributed by atoms with Crippen LogP contribution in [0, 0.1) is 23.7 Å². The molecule has 8 unspecified atom stereocenters. The van der Waals surface area contributed by atoms with Crippen molar-refractivity contribution in [2.24, 2.45) is 29.4 Å². The number of nitrogens with one attached hydrogen (secondary N) is 1. The summed E-state index contributed by atoms with van der Waals surface area (Å²) >= 11 is 0. The van der Waals surface area contributed by atoms with Crippen molar-refractivity contribution in [2.45, 2.75) is 115 Å². The number of likely N-dealkylation sites (tertiary alicyclic amines) is 1. The number of nitrogens with zero attached hydrogens (tertiary/aromatic N) is 1. The van der Waals surface area contributed by atoms with Crippen molar-refractivity contribution in [1.29, 1.82) is 0 Å². The van der Waals surface area contributed by atoms with Gasteiger partial charge in [-0.15, -0.1) is 0 Å². The maximum Gasteiger partial charge on any atom is 0.334 e. The minimum absolute atomic E-state index is 0.0606. The Morgan fingerprint density at radius 1 is 1.18 bits per heavy atom. The van der Waals surface area contributed by atoms with E-state index in [1.165, 1.54) is 0 Å². The van der Waals surface area contributed by atoms with Gasteiger partial charge in [0.2, 0.25) is 5.91 Å². The molecule has 0 bridgehead atoms. The molecule has 5 fully saturated rings. The summed E-state index contributed by atoms with van der Waals surface area (Å²) in [6, 6.07) is 0. The molecule has 9 nitrogen and oxygen atoms in total. The number of hydrogen-bond donors (Lipinski definition) is 2. The minimum atomic E-state index is -0.908. The predicted molar refractivity (Wildman–Crippen MR) is 145 cm³/mol. The zero-order valence-corrected chi connectivity index (χ0v) is 24.1. The van der Waals surface area contributed by atoms with Gasteiger partial charge in [0.05, 0.1) is 12.3 Å². The van der Waals surface area contributed by atoms with Gasteiger partial charge >= 0.3 is 11.9 Å². The molecule has 0 aromatic heterocycles. The van der Waals surface area contributed by atoms with Crippen molar-refractivity contribution in [3.63, 3.8) is 0 Å². The van der Waals surface area contributed by atoms with Crippen LogP contribution in [0.15, 0.2) is 11.6 Å². The molecule has 1 amide bonds. The zero-order valence-electron chi connectivity index (χ0n) is 24.1. The fourth-order valence-corrected chi connectivity index (χ4v) is 7.60. The molecule has 0 radical (unpaired) electrons. The Bertz CT molecular complexity index is 993. The van der Waals surface area contributed by atoms with E-state index in [0.717, 1.165) is 45.2 Å². The van der Waals surface area contributed by atoms with E-state index in [1.54, 1.807) is 13.0 Å². The highest BCUT2D eigenvalue weighted by Gasteiger charge is 2.60. The van der Waals surface area contributed by atoms with Gasteiger partial charge in [-0.25, -0.2) is 4.79 Å². The number of nitrogens with two attached hydrogens (primary N) is 1. The molecule has 4 saturated heterocycles. The number of hydrogen-bond acceptors (Lipinski definition) is 8. The van der Waals surface area contributed by atoms with Crippen LogP contribution in [0.2, 0.25) is 0 Å². The second kappa shape index (κ2) is 11.1. The molecule has 3 N–H and O–H groups in total. The van der Waals surface area contributed by atoms with E-state index in [0.29, 0.717) is 49.6 Å². The van der Waals surface area contributed by atoms with Crippen LogP contribution >= 0.6 is 0 Å². The highest BCUT2D eigenvalue weighted by atomic mass is 16.6. The first-order valence-corrected chi connectivity index (χ1v) is 15.0. The van der Waals surface area contributed by atoms with Gasteiger partial charge in [-0.05, 0) is 89.9 Å². The minimum Gasteiger partial charge on any atom is -0.462 e. The predicted octanol–water partition coefficient (Wildman–Crippen LogP) is 3.06. The lowest BCUT2D eigenvalue weighted by Crippen LogP contribution is -2.57. The molecule has 0 aromatic rings. The van der Waals surface area contributed by atoms with E-state index < -0.39 is 11.2 Å². The molecule has 9 heteroatoms. The van der Waals surface area contributed by atoms with Gasteiger partial charge in [0, 0.05) is 44.5 Å². The third-order valence-corrected chi connectivity index (χ3v) is 10.4. The first-order valence-electron chi connectivity index (χ1n) is 15.0.